The van der Waals surface area contributed by atoms with Gasteiger partial charge in [0, 0.05) is 49.7 Å². The molecule has 0 saturated carbocycles. The molecule has 0 aliphatic heterocycles. The van der Waals surface area contributed by atoms with E-state index in [4.69, 9.17) is 4.42 Å². The first-order chi connectivity index (χ1) is 32.2. The van der Waals surface area contributed by atoms with Gasteiger partial charge in [0.15, 0.2) is 0 Å². The SMILES string of the molecule is c1ccc(-c2ccc(-c3ccc(N(c4cccc(-c5cccc6c5oc5ccccc56)c4)c4ccc5ccc6ccccc6c5c4)cc3)c(-n3c4ccccc4c4ccccc43)c2)cc1. The Bertz CT molecular complexity index is 3900. The van der Waals surface area contributed by atoms with Gasteiger partial charge < -0.3 is 13.9 Å². The van der Waals surface area contributed by atoms with Crippen molar-refractivity contribution in [1.82, 2.24) is 4.57 Å². The summed E-state index contributed by atoms with van der Waals surface area (Å²) in [7, 11) is 0. The van der Waals surface area contributed by atoms with E-state index in [1.54, 1.807) is 0 Å². The maximum atomic E-state index is 6.55. The lowest BCUT2D eigenvalue weighted by Gasteiger charge is -2.27. The number of nitrogens with zero attached hydrogens (tertiary/aromatic N) is 2. The van der Waals surface area contributed by atoms with Crippen LogP contribution in [0.4, 0.5) is 17.1 Å². The molecule has 11 aromatic carbocycles. The summed E-state index contributed by atoms with van der Waals surface area (Å²) in [6.07, 6.45) is 0. The number of furan rings is 1. The smallest absolute Gasteiger partial charge is 0.143 e. The van der Waals surface area contributed by atoms with Gasteiger partial charge in [0.1, 0.15) is 11.2 Å². The zero-order chi connectivity index (χ0) is 42.8. The number of anilines is 3. The van der Waals surface area contributed by atoms with Gasteiger partial charge in [0.25, 0.3) is 0 Å². The second-order valence-corrected chi connectivity index (χ2v) is 16.9. The van der Waals surface area contributed by atoms with Crippen LogP contribution in [0, 0.1) is 0 Å². The minimum Gasteiger partial charge on any atom is -0.455 e. The average Bonchev–Trinajstić information content (AvgIpc) is 3.93. The molecule has 13 aromatic rings. The van der Waals surface area contributed by atoms with Crippen LogP contribution in [0.1, 0.15) is 0 Å². The molecule has 0 radical (unpaired) electrons. The van der Waals surface area contributed by atoms with Crippen LogP contribution in [0.15, 0.2) is 247 Å². The highest BCUT2D eigenvalue weighted by Crippen LogP contribution is 2.43. The Balaban J connectivity index is 0.991. The quantitative estimate of drug-likeness (QED) is 0.149. The minimum absolute atomic E-state index is 0.896. The van der Waals surface area contributed by atoms with Crippen LogP contribution in [-0.2, 0) is 0 Å². The van der Waals surface area contributed by atoms with Gasteiger partial charge in [-0.15, -0.1) is 0 Å². The van der Waals surface area contributed by atoms with Crippen molar-refractivity contribution >= 4 is 82.4 Å². The molecule has 0 unspecified atom stereocenters. The predicted molar refractivity (Wildman–Crippen MR) is 274 cm³/mol. The Labute approximate surface area is 376 Å². The number of hydrogen-bond acceptors (Lipinski definition) is 2. The van der Waals surface area contributed by atoms with Crippen LogP contribution in [0.25, 0.3) is 104 Å². The number of aromatic nitrogens is 1. The number of para-hydroxylation sites is 4. The maximum Gasteiger partial charge on any atom is 0.143 e. The van der Waals surface area contributed by atoms with Crippen molar-refractivity contribution in [2.24, 2.45) is 0 Å². The fourth-order valence-electron chi connectivity index (χ4n) is 10.1. The van der Waals surface area contributed by atoms with Gasteiger partial charge in [-0.2, -0.15) is 0 Å². The fourth-order valence-corrected chi connectivity index (χ4v) is 10.1. The molecular weight excluding hydrogens is 789 g/mol. The number of fused-ring (bicyclic) bond motifs is 9. The number of rotatable bonds is 7. The van der Waals surface area contributed by atoms with Gasteiger partial charge >= 0.3 is 0 Å². The topological polar surface area (TPSA) is 21.3 Å². The first-order valence-corrected chi connectivity index (χ1v) is 22.2. The Morgan fingerprint density at radius 3 is 1.69 bits per heavy atom. The van der Waals surface area contributed by atoms with Crippen molar-refractivity contribution in [3.05, 3.63) is 243 Å². The molecule has 304 valence electrons. The molecular formula is C62H40N2O. The van der Waals surface area contributed by atoms with Crippen molar-refractivity contribution in [2.75, 3.05) is 4.90 Å². The third-order valence-electron chi connectivity index (χ3n) is 13.2. The Morgan fingerprint density at radius 1 is 0.308 bits per heavy atom. The summed E-state index contributed by atoms with van der Waals surface area (Å²) in [4.78, 5) is 2.39. The largest absolute Gasteiger partial charge is 0.455 e. The Kier molecular flexibility index (Phi) is 8.53. The number of benzene rings is 11. The normalized spacial score (nSPS) is 11.7. The molecule has 0 spiro atoms. The molecule has 0 bridgehead atoms. The monoisotopic (exact) mass is 828 g/mol. The van der Waals surface area contributed by atoms with Crippen molar-refractivity contribution in [2.45, 2.75) is 0 Å². The summed E-state index contributed by atoms with van der Waals surface area (Å²) in [6, 6.07) is 87.8. The molecule has 0 fully saturated rings. The van der Waals surface area contributed by atoms with E-state index in [-0.39, 0.29) is 0 Å². The van der Waals surface area contributed by atoms with Crippen molar-refractivity contribution < 1.29 is 4.42 Å². The zero-order valence-corrected chi connectivity index (χ0v) is 35.4. The summed E-state index contributed by atoms with van der Waals surface area (Å²) < 4.78 is 9.00. The first-order valence-electron chi connectivity index (χ1n) is 22.2. The third kappa shape index (κ3) is 6.12. The molecule has 3 heteroatoms. The van der Waals surface area contributed by atoms with E-state index in [2.05, 4.69) is 240 Å². The van der Waals surface area contributed by atoms with E-state index in [1.165, 1.54) is 54.5 Å². The van der Waals surface area contributed by atoms with Crippen LogP contribution in [0.2, 0.25) is 0 Å². The van der Waals surface area contributed by atoms with Crippen molar-refractivity contribution in [1.29, 1.82) is 0 Å². The molecule has 65 heavy (non-hydrogen) atoms. The van der Waals surface area contributed by atoms with Crippen molar-refractivity contribution in [3.63, 3.8) is 0 Å². The molecule has 0 aliphatic rings. The van der Waals surface area contributed by atoms with Gasteiger partial charge in [-0.25, -0.2) is 0 Å². The summed E-state index contributed by atoms with van der Waals surface area (Å²) in [5, 5.41) is 9.63. The van der Waals surface area contributed by atoms with Gasteiger partial charge in [0.2, 0.25) is 0 Å². The molecule has 0 N–H and O–H groups in total. The maximum absolute atomic E-state index is 6.55. The molecule has 2 aromatic heterocycles. The molecule has 3 nitrogen and oxygen atoms in total. The van der Waals surface area contributed by atoms with E-state index in [0.717, 1.165) is 66.9 Å². The van der Waals surface area contributed by atoms with Gasteiger partial charge in [0.05, 0.1) is 16.7 Å². The number of hydrogen-bond donors (Lipinski definition) is 0. The second kappa shape index (κ2) is 15.0. The summed E-state index contributed by atoms with van der Waals surface area (Å²) in [6.45, 7) is 0. The van der Waals surface area contributed by atoms with Crippen LogP contribution in [0.3, 0.4) is 0 Å². The summed E-state index contributed by atoms with van der Waals surface area (Å²) in [5.74, 6) is 0. The van der Waals surface area contributed by atoms with Crippen LogP contribution >= 0.6 is 0 Å². The molecule has 0 saturated heterocycles. The standard InChI is InChI=1S/C62H40N2O/c1-2-14-41(15-3-1)45-33-37-51(60(39-45)64-58-25-9-6-20-53(58)54-21-7-10-26-59(54)64)43-30-34-47(35-31-43)63(49-36-32-44-29-28-42-16-4-5-19-50(42)57(44)40-49)48-18-12-17-46(38-48)52-23-13-24-56-55-22-8-11-27-61(55)65-62(52)56/h1-40H. The van der Waals surface area contributed by atoms with Gasteiger partial charge in [-0.3, -0.25) is 0 Å². The molecule has 0 amide bonds. The fraction of sp³-hybridized carbons (Fsp3) is 0. The Morgan fingerprint density at radius 2 is 0.892 bits per heavy atom. The molecule has 13 rings (SSSR count). The Hall–Kier alpha value is -8.66. The van der Waals surface area contributed by atoms with Crippen LogP contribution < -0.4 is 4.90 Å². The lowest BCUT2D eigenvalue weighted by molar-refractivity contribution is 0.670. The predicted octanol–water partition coefficient (Wildman–Crippen LogP) is 17.5. The second-order valence-electron chi connectivity index (χ2n) is 16.9. The van der Waals surface area contributed by atoms with Crippen LogP contribution in [-0.4, -0.2) is 4.57 Å². The van der Waals surface area contributed by atoms with Gasteiger partial charge in [-0.05, 0) is 104 Å². The van der Waals surface area contributed by atoms with E-state index < -0.39 is 0 Å². The molecule has 0 atom stereocenters. The van der Waals surface area contributed by atoms with E-state index >= 15 is 0 Å². The van der Waals surface area contributed by atoms with Crippen LogP contribution in [0.5, 0.6) is 0 Å². The highest BCUT2D eigenvalue weighted by atomic mass is 16.3. The van der Waals surface area contributed by atoms with E-state index in [9.17, 15) is 0 Å². The van der Waals surface area contributed by atoms with E-state index in [0.29, 0.717) is 0 Å². The van der Waals surface area contributed by atoms with Gasteiger partial charge in [-0.1, -0.05) is 182 Å². The molecule has 0 aliphatic carbocycles. The first kappa shape index (κ1) is 36.9. The summed E-state index contributed by atoms with van der Waals surface area (Å²) in [5.41, 5.74) is 15.3. The zero-order valence-electron chi connectivity index (χ0n) is 35.4. The lowest BCUT2D eigenvalue weighted by Crippen LogP contribution is -2.10. The van der Waals surface area contributed by atoms with E-state index in [1.807, 2.05) is 12.1 Å². The average molecular weight is 829 g/mol. The third-order valence-corrected chi connectivity index (χ3v) is 13.2. The minimum atomic E-state index is 0.896. The summed E-state index contributed by atoms with van der Waals surface area (Å²) >= 11 is 0. The van der Waals surface area contributed by atoms with Crippen molar-refractivity contribution in [3.8, 4) is 39.1 Å². The lowest BCUT2D eigenvalue weighted by atomic mass is 9.97. The highest BCUT2D eigenvalue weighted by Gasteiger charge is 2.20. The molecule has 2 heterocycles. The highest BCUT2D eigenvalue weighted by molar-refractivity contribution is 6.12.